The topological polar surface area (TPSA) is 86.3 Å². The van der Waals surface area contributed by atoms with Gasteiger partial charge in [0.15, 0.2) is 13.6 Å². The summed E-state index contributed by atoms with van der Waals surface area (Å²) in [6.45, 7) is 4.07. The number of amides is 2. The second-order valence-corrected chi connectivity index (χ2v) is 7.36. The van der Waals surface area contributed by atoms with Crippen molar-refractivity contribution in [3.8, 4) is 11.5 Å². The number of hydrogen-bond acceptors (Lipinski definition) is 6. The molecule has 0 bridgehead atoms. The number of methoxy groups -OCH3 is 2. The Bertz CT molecular complexity index is 996. The van der Waals surface area contributed by atoms with Crippen LogP contribution in [0.3, 0.4) is 0 Å². The number of benzene rings is 2. The molecule has 0 aromatic heterocycles. The van der Waals surface area contributed by atoms with Gasteiger partial charge < -0.3 is 29.2 Å². The Kier molecular flexibility index (Phi) is 8.10. The van der Waals surface area contributed by atoms with Crippen molar-refractivity contribution in [2.45, 2.75) is 12.6 Å². The standard InChI is InChI=1S/C23H25ClN2O6/c1-4-9-25-22(27)21-16-8-6-5-7-15(16)12-26(21)23(28)17-10-18(24)20(32-14-30-3)11-19(17)31-13-29-2/h4-8,10-11,21H,1,9,12-14H2,2-3H3,(H,25,27). The lowest BCUT2D eigenvalue weighted by atomic mass is 10.0. The first-order valence-corrected chi connectivity index (χ1v) is 10.2. The van der Waals surface area contributed by atoms with Crippen molar-refractivity contribution >= 4 is 23.4 Å². The number of carbonyl (C=O) groups is 2. The Morgan fingerprint density at radius 1 is 1.16 bits per heavy atom. The zero-order chi connectivity index (χ0) is 23.1. The van der Waals surface area contributed by atoms with Crippen molar-refractivity contribution in [2.75, 3.05) is 34.4 Å². The number of hydrogen-bond donors (Lipinski definition) is 1. The van der Waals surface area contributed by atoms with Gasteiger partial charge in [0, 0.05) is 33.4 Å². The molecule has 2 amide bonds. The summed E-state index contributed by atoms with van der Waals surface area (Å²) in [5.74, 6) is -0.199. The predicted molar refractivity (Wildman–Crippen MR) is 119 cm³/mol. The molecule has 0 saturated carbocycles. The van der Waals surface area contributed by atoms with Gasteiger partial charge in [-0.15, -0.1) is 6.58 Å². The van der Waals surface area contributed by atoms with Crippen LogP contribution in [0.1, 0.15) is 27.5 Å². The van der Waals surface area contributed by atoms with Crippen LogP contribution in [-0.2, 0) is 20.8 Å². The highest BCUT2D eigenvalue weighted by Gasteiger charge is 2.39. The third kappa shape index (κ3) is 5.04. The fraction of sp³-hybridized carbons (Fsp3) is 0.304. The average Bonchev–Trinajstić information content (AvgIpc) is 3.20. The van der Waals surface area contributed by atoms with Gasteiger partial charge in [-0.3, -0.25) is 9.59 Å². The average molecular weight is 461 g/mol. The number of nitrogens with zero attached hydrogens (tertiary/aromatic N) is 1. The molecule has 2 aromatic carbocycles. The summed E-state index contributed by atoms with van der Waals surface area (Å²) in [4.78, 5) is 28.1. The third-order valence-electron chi connectivity index (χ3n) is 4.86. The lowest BCUT2D eigenvalue weighted by molar-refractivity contribution is -0.125. The molecule has 0 spiro atoms. The minimum absolute atomic E-state index is 0.0241. The molecule has 3 rings (SSSR count). The van der Waals surface area contributed by atoms with Crippen LogP contribution in [0.15, 0.2) is 49.1 Å². The highest BCUT2D eigenvalue weighted by molar-refractivity contribution is 6.32. The number of carbonyl (C=O) groups excluding carboxylic acids is 2. The van der Waals surface area contributed by atoms with Crippen molar-refractivity contribution < 1.29 is 28.5 Å². The van der Waals surface area contributed by atoms with E-state index in [1.165, 1.54) is 31.3 Å². The van der Waals surface area contributed by atoms with Crippen LogP contribution in [0.4, 0.5) is 0 Å². The molecule has 0 fully saturated rings. The molecule has 170 valence electrons. The molecule has 1 N–H and O–H groups in total. The summed E-state index contributed by atoms with van der Waals surface area (Å²) in [5.41, 5.74) is 1.85. The van der Waals surface area contributed by atoms with E-state index in [1.807, 2.05) is 24.3 Å². The molecule has 1 atom stereocenters. The van der Waals surface area contributed by atoms with E-state index < -0.39 is 11.9 Å². The zero-order valence-electron chi connectivity index (χ0n) is 17.9. The highest BCUT2D eigenvalue weighted by atomic mass is 35.5. The van der Waals surface area contributed by atoms with Crippen LogP contribution < -0.4 is 14.8 Å². The second-order valence-electron chi connectivity index (χ2n) is 6.95. The van der Waals surface area contributed by atoms with Gasteiger partial charge in [-0.2, -0.15) is 0 Å². The lowest BCUT2D eigenvalue weighted by Crippen LogP contribution is -2.40. The quantitative estimate of drug-likeness (QED) is 0.432. The summed E-state index contributed by atoms with van der Waals surface area (Å²) < 4.78 is 21.0. The summed E-state index contributed by atoms with van der Waals surface area (Å²) >= 11 is 6.35. The van der Waals surface area contributed by atoms with E-state index in [2.05, 4.69) is 11.9 Å². The third-order valence-corrected chi connectivity index (χ3v) is 5.16. The van der Waals surface area contributed by atoms with Crippen molar-refractivity contribution in [3.05, 3.63) is 70.8 Å². The number of halogens is 1. The molecular weight excluding hydrogens is 436 g/mol. The Morgan fingerprint density at radius 2 is 1.84 bits per heavy atom. The minimum Gasteiger partial charge on any atom is -0.467 e. The van der Waals surface area contributed by atoms with Gasteiger partial charge in [-0.1, -0.05) is 41.9 Å². The molecule has 0 saturated heterocycles. The van der Waals surface area contributed by atoms with E-state index in [0.29, 0.717) is 12.3 Å². The SMILES string of the molecule is C=CCNC(=O)C1c2ccccc2CN1C(=O)c1cc(Cl)c(OCOC)cc1OCOC. The van der Waals surface area contributed by atoms with Gasteiger partial charge in [0.1, 0.15) is 17.5 Å². The molecule has 8 nitrogen and oxygen atoms in total. The van der Waals surface area contributed by atoms with Crippen molar-refractivity contribution in [2.24, 2.45) is 0 Å². The van der Waals surface area contributed by atoms with Crippen LogP contribution in [-0.4, -0.2) is 51.1 Å². The largest absolute Gasteiger partial charge is 0.467 e. The highest BCUT2D eigenvalue weighted by Crippen LogP contribution is 2.39. The summed E-state index contributed by atoms with van der Waals surface area (Å²) in [6, 6.07) is 9.62. The second kappa shape index (κ2) is 11.0. The summed E-state index contributed by atoms with van der Waals surface area (Å²) in [6.07, 6.45) is 1.58. The van der Waals surface area contributed by atoms with E-state index in [1.54, 1.807) is 6.08 Å². The van der Waals surface area contributed by atoms with E-state index in [-0.39, 0.29) is 42.4 Å². The first-order valence-electron chi connectivity index (χ1n) is 9.86. The van der Waals surface area contributed by atoms with E-state index >= 15 is 0 Å². The van der Waals surface area contributed by atoms with Gasteiger partial charge in [-0.05, 0) is 17.2 Å². The van der Waals surface area contributed by atoms with E-state index in [9.17, 15) is 9.59 Å². The van der Waals surface area contributed by atoms with Gasteiger partial charge in [-0.25, -0.2) is 0 Å². The molecular formula is C23H25ClN2O6. The van der Waals surface area contributed by atoms with E-state index in [4.69, 9.17) is 30.5 Å². The number of fused-ring (bicyclic) bond motifs is 1. The fourth-order valence-corrected chi connectivity index (χ4v) is 3.68. The van der Waals surface area contributed by atoms with Crippen molar-refractivity contribution in [1.82, 2.24) is 10.2 Å². The monoisotopic (exact) mass is 460 g/mol. The predicted octanol–water partition coefficient (Wildman–Crippen LogP) is 3.30. The van der Waals surface area contributed by atoms with Crippen LogP contribution in [0.5, 0.6) is 11.5 Å². The molecule has 1 unspecified atom stereocenters. The van der Waals surface area contributed by atoms with Gasteiger partial charge in [0.25, 0.3) is 5.91 Å². The Morgan fingerprint density at radius 3 is 2.53 bits per heavy atom. The molecule has 0 radical (unpaired) electrons. The van der Waals surface area contributed by atoms with Crippen molar-refractivity contribution in [3.63, 3.8) is 0 Å². The molecule has 2 aromatic rings. The molecule has 9 heteroatoms. The molecule has 32 heavy (non-hydrogen) atoms. The Labute approximate surface area is 191 Å². The van der Waals surface area contributed by atoms with Gasteiger partial charge in [0.05, 0.1) is 10.6 Å². The lowest BCUT2D eigenvalue weighted by Gasteiger charge is -2.25. The molecule has 1 aliphatic heterocycles. The van der Waals surface area contributed by atoms with Gasteiger partial charge in [0.2, 0.25) is 5.91 Å². The first kappa shape index (κ1) is 23.6. The maximum atomic E-state index is 13.6. The molecule has 1 heterocycles. The Hall–Kier alpha value is -3.07. The minimum atomic E-state index is -0.794. The number of ether oxygens (including phenoxy) is 4. The normalized spacial score (nSPS) is 14.6. The van der Waals surface area contributed by atoms with Gasteiger partial charge >= 0.3 is 0 Å². The van der Waals surface area contributed by atoms with E-state index in [0.717, 1.165) is 11.1 Å². The first-order chi connectivity index (χ1) is 15.5. The Balaban J connectivity index is 1.99. The summed E-state index contributed by atoms with van der Waals surface area (Å²) in [5, 5.41) is 2.99. The van der Waals surface area contributed by atoms with Crippen molar-refractivity contribution in [1.29, 1.82) is 0 Å². The maximum absolute atomic E-state index is 13.6. The molecule has 0 aliphatic carbocycles. The smallest absolute Gasteiger partial charge is 0.258 e. The number of nitrogens with one attached hydrogen (secondary N) is 1. The van der Waals surface area contributed by atoms with Crippen LogP contribution in [0.2, 0.25) is 5.02 Å². The van der Waals surface area contributed by atoms with Crippen LogP contribution >= 0.6 is 11.6 Å². The fourth-order valence-electron chi connectivity index (χ4n) is 3.46. The van der Waals surface area contributed by atoms with Crippen LogP contribution in [0.25, 0.3) is 0 Å². The summed E-state index contributed by atoms with van der Waals surface area (Å²) in [7, 11) is 2.95. The number of rotatable bonds is 10. The zero-order valence-corrected chi connectivity index (χ0v) is 18.7. The maximum Gasteiger partial charge on any atom is 0.258 e. The molecule has 1 aliphatic rings. The van der Waals surface area contributed by atoms with Crippen LogP contribution in [0, 0.1) is 0 Å².